The predicted molar refractivity (Wildman–Crippen MR) is 113 cm³/mol. The molecule has 0 saturated heterocycles. The Morgan fingerprint density at radius 1 is 0.882 bits per heavy atom. The van der Waals surface area contributed by atoms with E-state index in [0.717, 1.165) is 6.08 Å². The third kappa shape index (κ3) is 6.30. The molecule has 8 N–H and O–H groups in total. The monoisotopic (exact) mass is 478 g/mol. The van der Waals surface area contributed by atoms with Gasteiger partial charge < -0.3 is 45.6 Å². The Morgan fingerprint density at radius 2 is 1.44 bits per heavy atom. The number of Topliss-reactive ketones (excluding diaryl/α,β-unsaturated/α-hetero) is 1. The molecular weight excluding hydrogens is 456 g/mol. The first-order valence-electron chi connectivity index (χ1n) is 9.62. The number of aliphatic hydroxyl groups is 4. The number of allylic oxidation sites excluding steroid dienone is 1. The van der Waals surface area contributed by atoms with Crippen LogP contribution in [0, 0.1) is 0 Å². The van der Waals surface area contributed by atoms with Crippen LogP contribution in [-0.4, -0.2) is 89.4 Å². The second kappa shape index (κ2) is 11.2. The number of esters is 1. The molecule has 182 valence electrons. The fourth-order valence-corrected chi connectivity index (χ4v) is 2.68. The fourth-order valence-electron chi connectivity index (χ4n) is 2.68. The van der Waals surface area contributed by atoms with E-state index < -0.39 is 71.4 Å². The number of phenolic OH excluding ortho intramolecular Hbond substituents is 4. The maximum atomic E-state index is 12.7. The van der Waals surface area contributed by atoms with Crippen LogP contribution in [0.3, 0.4) is 0 Å². The maximum Gasteiger partial charge on any atom is 0.339 e. The molecule has 0 heterocycles. The highest BCUT2D eigenvalue weighted by atomic mass is 16.6. The minimum Gasteiger partial charge on any atom is -0.508 e. The number of phenols is 4. The van der Waals surface area contributed by atoms with E-state index in [1.165, 1.54) is 30.3 Å². The summed E-state index contributed by atoms with van der Waals surface area (Å²) >= 11 is 0. The van der Waals surface area contributed by atoms with Crippen molar-refractivity contribution >= 4 is 23.6 Å². The first kappa shape index (κ1) is 26.3. The summed E-state index contributed by atoms with van der Waals surface area (Å²) in [6, 6.07) is 6.79. The lowest BCUT2D eigenvalue weighted by Gasteiger charge is -2.27. The number of ketones is 2. The van der Waals surface area contributed by atoms with Crippen LogP contribution in [-0.2, 0) is 14.3 Å². The van der Waals surface area contributed by atoms with Gasteiger partial charge in [-0.15, -0.1) is 0 Å². The number of aliphatic hydroxyl groups excluding tert-OH is 4. The molecule has 0 radical (unpaired) electrons. The van der Waals surface area contributed by atoms with E-state index in [1.807, 2.05) is 0 Å². The first-order chi connectivity index (χ1) is 16.0. The quantitative estimate of drug-likeness (QED) is 0.0888. The van der Waals surface area contributed by atoms with Crippen molar-refractivity contribution in [1.29, 1.82) is 0 Å². The number of carbonyl (C=O) groups excluding carboxylic acids is 3. The van der Waals surface area contributed by atoms with E-state index in [4.69, 9.17) is 9.84 Å². The number of benzene rings is 2. The second-order valence-corrected chi connectivity index (χ2v) is 7.07. The van der Waals surface area contributed by atoms with Crippen molar-refractivity contribution in [2.45, 2.75) is 24.4 Å². The van der Waals surface area contributed by atoms with Gasteiger partial charge in [0.1, 0.15) is 24.1 Å². The zero-order valence-electron chi connectivity index (χ0n) is 17.3. The van der Waals surface area contributed by atoms with E-state index in [9.17, 15) is 50.1 Å². The van der Waals surface area contributed by atoms with Crippen molar-refractivity contribution in [1.82, 2.24) is 0 Å². The molecule has 0 unspecified atom stereocenters. The summed E-state index contributed by atoms with van der Waals surface area (Å²) < 4.78 is 4.83. The van der Waals surface area contributed by atoms with Crippen LogP contribution in [0.5, 0.6) is 23.0 Å². The van der Waals surface area contributed by atoms with Crippen molar-refractivity contribution in [3.63, 3.8) is 0 Å². The van der Waals surface area contributed by atoms with Crippen molar-refractivity contribution in [2.24, 2.45) is 0 Å². The van der Waals surface area contributed by atoms with Crippen molar-refractivity contribution in [3.05, 3.63) is 53.6 Å². The smallest absolute Gasteiger partial charge is 0.339 e. The van der Waals surface area contributed by atoms with Crippen LogP contribution in [0.4, 0.5) is 0 Å². The largest absolute Gasteiger partial charge is 0.508 e. The number of hydrogen-bond donors (Lipinski definition) is 8. The van der Waals surface area contributed by atoms with Gasteiger partial charge in [0, 0.05) is 0 Å². The van der Waals surface area contributed by atoms with Gasteiger partial charge in [-0.3, -0.25) is 9.59 Å². The summed E-state index contributed by atoms with van der Waals surface area (Å²) in [5.41, 5.74) is -0.194. The molecule has 4 atom stereocenters. The van der Waals surface area contributed by atoms with Crippen LogP contribution in [0.15, 0.2) is 42.5 Å². The van der Waals surface area contributed by atoms with Crippen LogP contribution in [0.25, 0.3) is 6.08 Å². The van der Waals surface area contributed by atoms with Crippen LogP contribution in [0.2, 0.25) is 0 Å². The molecule has 34 heavy (non-hydrogen) atoms. The van der Waals surface area contributed by atoms with Gasteiger partial charge in [-0.25, -0.2) is 4.79 Å². The Labute approximate surface area is 191 Å². The van der Waals surface area contributed by atoms with E-state index in [0.29, 0.717) is 17.7 Å². The molecule has 0 bridgehead atoms. The van der Waals surface area contributed by atoms with Crippen molar-refractivity contribution < 1.29 is 60.0 Å². The number of carbonyl (C=O) groups is 3. The maximum absolute atomic E-state index is 12.7. The minimum absolute atomic E-state index is 0.0441. The number of hydrogen-bond acceptors (Lipinski definition) is 12. The summed E-state index contributed by atoms with van der Waals surface area (Å²) in [6.07, 6.45) is -6.98. The van der Waals surface area contributed by atoms with Crippen LogP contribution in [0.1, 0.15) is 15.9 Å². The van der Waals surface area contributed by atoms with E-state index in [-0.39, 0.29) is 5.75 Å². The van der Waals surface area contributed by atoms with E-state index in [1.54, 1.807) is 0 Å². The molecule has 12 heteroatoms. The minimum atomic E-state index is -2.38. The molecule has 0 saturated carbocycles. The molecule has 2 rings (SSSR count). The fraction of sp³-hybridized carbons (Fsp3) is 0.227. The lowest BCUT2D eigenvalue weighted by atomic mass is 9.97. The van der Waals surface area contributed by atoms with Crippen LogP contribution >= 0.6 is 0 Å². The summed E-state index contributed by atoms with van der Waals surface area (Å²) in [7, 11) is 0. The molecular formula is C22H22O12. The molecule has 0 aliphatic rings. The third-order valence-corrected chi connectivity index (χ3v) is 4.60. The molecule has 12 nitrogen and oxygen atoms in total. The molecule has 0 aromatic heterocycles. The second-order valence-electron chi connectivity index (χ2n) is 7.07. The van der Waals surface area contributed by atoms with E-state index >= 15 is 0 Å². The average molecular weight is 478 g/mol. The Kier molecular flexibility index (Phi) is 8.70. The molecule has 2 aromatic carbocycles. The van der Waals surface area contributed by atoms with Gasteiger partial charge in [-0.05, 0) is 35.9 Å². The Bertz CT molecular complexity index is 1050. The van der Waals surface area contributed by atoms with Gasteiger partial charge in [0.2, 0.25) is 11.6 Å². The van der Waals surface area contributed by atoms with Gasteiger partial charge in [0.25, 0.3) is 0 Å². The zero-order valence-corrected chi connectivity index (χ0v) is 17.3. The van der Waals surface area contributed by atoms with Crippen LogP contribution < -0.4 is 0 Å². The average Bonchev–Trinajstić information content (AvgIpc) is 2.82. The van der Waals surface area contributed by atoms with Crippen molar-refractivity contribution in [2.75, 3.05) is 6.61 Å². The molecule has 0 spiro atoms. The predicted octanol–water partition coefficient (Wildman–Crippen LogP) is -1.04. The molecule has 0 aliphatic heterocycles. The van der Waals surface area contributed by atoms with Gasteiger partial charge in [0.15, 0.2) is 23.4 Å². The topological polar surface area (TPSA) is 222 Å². The van der Waals surface area contributed by atoms with Crippen molar-refractivity contribution in [3.8, 4) is 23.0 Å². The Morgan fingerprint density at radius 3 is 1.97 bits per heavy atom. The van der Waals surface area contributed by atoms with Gasteiger partial charge in [0.05, 0.1) is 12.2 Å². The number of rotatable bonds is 10. The lowest BCUT2D eigenvalue weighted by molar-refractivity contribution is -0.153. The summed E-state index contributed by atoms with van der Waals surface area (Å²) in [4.78, 5) is 37.5. The van der Waals surface area contributed by atoms with E-state index in [2.05, 4.69) is 0 Å². The third-order valence-electron chi connectivity index (χ3n) is 4.60. The molecule has 0 fully saturated rings. The van der Waals surface area contributed by atoms with Gasteiger partial charge in [-0.2, -0.15) is 0 Å². The number of aromatic hydroxyl groups is 4. The SMILES string of the molecule is O=C(/C=C/c1ccc(O)cc1)C(=O)[C@H](OC(=O)c1cc(O)c(O)c(O)c1)[C@@H](O)[C@H](O)[C@H](O)CO. The molecule has 0 amide bonds. The summed E-state index contributed by atoms with van der Waals surface area (Å²) in [5.74, 6) is -7.08. The lowest BCUT2D eigenvalue weighted by Crippen LogP contribution is -2.51. The van der Waals surface area contributed by atoms with Gasteiger partial charge in [-0.1, -0.05) is 18.2 Å². The molecule has 2 aromatic rings. The molecule has 0 aliphatic carbocycles. The first-order valence-corrected chi connectivity index (χ1v) is 9.62. The zero-order chi connectivity index (χ0) is 25.6. The highest BCUT2D eigenvalue weighted by Crippen LogP contribution is 2.35. The van der Waals surface area contributed by atoms with Gasteiger partial charge >= 0.3 is 5.97 Å². The highest BCUT2D eigenvalue weighted by Gasteiger charge is 2.40. The standard InChI is InChI=1S/C22H22O12/c23-9-16(28)18(30)20(32)21(34-22(33)11-7-14(26)17(29)15(27)8-11)19(31)13(25)6-3-10-1-4-12(24)5-2-10/h1-8,16,18,20-21,23-24,26-30,32H,9H2/b6-3+/t16-,18-,20+,21+/m1/s1. The Balaban J connectivity index is 2.32. The highest BCUT2D eigenvalue weighted by molar-refractivity contribution is 6.44. The summed E-state index contributed by atoms with van der Waals surface area (Å²) in [5, 5.41) is 76.5. The number of ether oxygens (including phenoxy) is 1. The Hall–Kier alpha value is -3.97. The summed E-state index contributed by atoms with van der Waals surface area (Å²) in [6.45, 7) is -1.04. The normalized spacial score (nSPS) is 14.8.